The molecular weight excluding hydrogens is 262 g/mol. The minimum absolute atomic E-state index is 0.0150. The molecule has 0 radical (unpaired) electrons. The fraction of sp³-hybridized carbons (Fsp3) is 0.625. The Balaban J connectivity index is 1.71. The van der Waals surface area contributed by atoms with Crippen molar-refractivity contribution in [3.8, 4) is 6.07 Å². The first kappa shape index (κ1) is 15.7. The van der Waals surface area contributed by atoms with Gasteiger partial charge in [-0.3, -0.25) is 4.90 Å². The summed E-state index contributed by atoms with van der Waals surface area (Å²) in [7, 11) is 0. The summed E-state index contributed by atoms with van der Waals surface area (Å²) in [5.74, 6) is 1.07. The minimum atomic E-state index is -0.0150. The maximum atomic E-state index is 9.13. The van der Waals surface area contributed by atoms with Gasteiger partial charge < -0.3 is 10.2 Å². The summed E-state index contributed by atoms with van der Waals surface area (Å²) < 4.78 is 0. The quantitative estimate of drug-likeness (QED) is 0.823. The van der Waals surface area contributed by atoms with Crippen molar-refractivity contribution >= 4 is 5.82 Å². The van der Waals surface area contributed by atoms with E-state index in [0.717, 1.165) is 57.9 Å². The van der Waals surface area contributed by atoms with Gasteiger partial charge in [-0.05, 0) is 31.5 Å². The lowest BCUT2D eigenvalue weighted by atomic mass is 10.2. The molecule has 0 aromatic carbocycles. The van der Waals surface area contributed by atoms with Crippen LogP contribution in [0.25, 0.3) is 0 Å². The summed E-state index contributed by atoms with van der Waals surface area (Å²) in [6, 6.07) is 8.39. The lowest BCUT2D eigenvalue weighted by Gasteiger charge is -2.35. The van der Waals surface area contributed by atoms with E-state index in [1.165, 1.54) is 0 Å². The number of nitriles is 1. The molecule has 0 saturated carbocycles. The summed E-state index contributed by atoms with van der Waals surface area (Å²) in [6.45, 7) is 8.15. The van der Waals surface area contributed by atoms with Crippen LogP contribution in [0.4, 0.5) is 5.82 Å². The molecular formula is C16H25N5. The second-order valence-electron chi connectivity index (χ2n) is 5.44. The average Bonchev–Trinajstić information content (AvgIpc) is 2.56. The molecule has 0 spiro atoms. The summed E-state index contributed by atoms with van der Waals surface area (Å²) in [4.78, 5) is 9.17. The largest absolute Gasteiger partial charge is 0.354 e. The van der Waals surface area contributed by atoms with E-state index in [1.54, 1.807) is 0 Å². The van der Waals surface area contributed by atoms with Gasteiger partial charge in [0, 0.05) is 38.9 Å². The zero-order valence-corrected chi connectivity index (χ0v) is 12.8. The molecule has 1 atom stereocenters. The van der Waals surface area contributed by atoms with Gasteiger partial charge in [-0.25, -0.2) is 4.98 Å². The highest BCUT2D eigenvalue weighted by molar-refractivity contribution is 5.38. The predicted molar refractivity (Wildman–Crippen MR) is 85.2 cm³/mol. The Labute approximate surface area is 127 Å². The molecule has 0 amide bonds. The molecule has 114 valence electrons. The Morgan fingerprint density at radius 2 is 2.14 bits per heavy atom. The van der Waals surface area contributed by atoms with Crippen LogP contribution in [-0.2, 0) is 0 Å². The summed E-state index contributed by atoms with van der Waals surface area (Å²) >= 11 is 0. The fourth-order valence-corrected chi connectivity index (χ4v) is 2.58. The first-order chi connectivity index (χ1) is 10.3. The second kappa shape index (κ2) is 8.60. The lowest BCUT2D eigenvalue weighted by molar-refractivity contribution is 0.248. The standard InChI is InChI=1S/C16H25N5/c1-2-7-18-15(14-17)6-9-20-10-12-21(13-11-20)16-5-3-4-8-19-16/h3-5,8,15,18H,2,6-7,9-13H2,1H3. The zero-order valence-electron chi connectivity index (χ0n) is 12.8. The summed E-state index contributed by atoms with van der Waals surface area (Å²) in [5, 5.41) is 12.4. The summed E-state index contributed by atoms with van der Waals surface area (Å²) in [5.41, 5.74) is 0. The molecule has 0 aliphatic carbocycles. The first-order valence-corrected chi connectivity index (χ1v) is 7.85. The van der Waals surface area contributed by atoms with Gasteiger partial charge in [0.25, 0.3) is 0 Å². The van der Waals surface area contributed by atoms with Crippen molar-refractivity contribution in [3.05, 3.63) is 24.4 Å². The van der Waals surface area contributed by atoms with E-state index in [-0.39, 0.29) is 6.04 Å². The minimum Gasteiger partial charge on any atom is -0.354 e. The number of nitrogens with one attached hydrogen (secondary N) is 1. The third-order valence-electron chi connectivity index (χ3n) is 3.88. The lowest BCUT2D eigenvalue weighted by Crippen LogP contribution is -2.47. The molecule has 5 heteroatoms. The third kappa shape index (κ3) is 5.00. The highest BCUT2D eigenvalue weighted by Gasteiger charge is 2.18. The highest BCUT2D eigenvalue weighted by atomic mass is 15.3. The van der Waals surface area contributed by atoms with Crippen molar-refractivity contribution in [3.63, 3.8) is 0 Å². The molecule has 1 aliphatic heterocycles. The van der Waals surface area contributed by atoms with Crippen molar-refractivity contribution in [2.24, 2.45) is 0 Å². The van der Waals surface area contributed by atoms with Gasteiger partial charge in [0.15, 0.2) is 0 Å². The van der Waals surface area contributed by atoms with Crippen LogP contribution in [0.15, 0.2) is 24.4 Å². The van der Waals surface area contributed by atoms with Crippen LogP contribution in [0.2, 0.25) is 0 Å². The highest BCUT2D eigenvalue weighted by Crippen LogP contribution is 2.12. The Morgan fingerprint density at radius 3 is 2.76 bits per heavy atom. The second-order valence-corrected chi connectivity index (χ2v) is 5.44. The number of anilines is 1. The van der Waals surface area contributed by atoms with Gasteiger partial charge >= 0.3 is 0 Å². The maximum Gasteiger partial charge on any atom is 0.128 e. The van der Waals surface area contributed by atoms with Crippen LogP contribution in [0.5, 0.6) is 0 Å². The normalized spacial score (nSPS) is 17.4. The number of rotatable bonds is 7. The van der Waals surface area contributed by atoms with Crippen LogP contribution in [-0.4, -0.2) is 55.2 Å². The van der Waals surface area contributed by atoms with Crippen LogP contribution >= 0.6 is 0 Å². The van der Waals surface area contributed by atoms with Gasteiger partial charge in [-0.15, -0.1) is 0 Å². The Morgan fingerprint density at radius 1 is 1.33 bits per heavy atom. The Bertz CT molecular complexity index is 434. The molecule has 5 nitrogen and oxygen atoms in total. The van der Waals surface area contributed by atoms with E-state index in [2.05, 4.69) is 39.2 Å². The van der Waals surface area contributed by atoms with Crippen molar-refractivity contribution in [1.82, 2.24) is 15.2 Å². The molecule has 1 aromatic rings. The number of hydrogen-bond acceptors (Lipinski definition) is 5. The fourth-order valence-electron chi connectivity index (χ4n) is 2.58. The molecule has 21 heavy (non-hydrogen) atoms. The number of nitrogens with zero attached hydrogens (tertiary/aromatic N) is 4. The Kier molecular flexibility index (Phi) is 6.45. The smallest absolute Gasteiger partial charge is 0.128 e. The number of piperazine rings is 1. The van der Waals surface area contributed by atoms with Crippen molar-refractivity contribution in [2.75, 3.05) is 44.2 Å². The van der Waals surface area contributed by atoms with E-state index >= 15 is 0 Å². The van der Waals surface area contributed by atoms with Gasteiger partial charge in [0.05, 0.1) is 12.1 Å². The van der Waals surface area contributed by atoms with Crippen LogP contribution in [0, 0.1) is 11.3 Å². The van der Waals surface area contributed by atoms with Crippen LogP contribution < -0.4 is 10.2 Å². The van der Waals surface area contributed by atoms with Crippen molar-refractivity contribution < 1.29 is 0 Å². The van der Waals surface area contributed by atoms with Gasteiger partial charge in [0.2, 0.25) is 0 Å². The monoisotopic (exact) mass is 287 g/mol. The van der Waals surface area contributed by atoms with Crippen LogP contribution in [0.1, 0.15) is 19.8 Å². The molecule has 1 N–H and O–H groups in total. The van der Waals surface area contributed by atoms with Crippen LogP contribution in [0.3, 0.4) is 0 Å². The topological polar surface area (TPSA) is 55.2 Å². The maximum absolute atomic E-state index is 9.13. The number of hydrogen-bond donors (Lipinski definition) is 1. The Hall–Kier alpha value is -1.64. The third-order valence-corrected chi connectivity index (χ3v) is 3.88. The van der Waals surface area contributed by atoms with E-state index < -0.39 is 0 Å². The predicted octanol–water partition coefficient (Wildman–Crippen LogP) is 1.49. The van der Waals surface area contributed by atoms with Crippen molar-refractivity contribution in [2.45, 2.75) is 25.8 Å². The van der Waals surface area contributed by atoms with Gasteiger partial charge in [0.1, 0.15) is 5.82 Å². The number of aromatic nitrogens is 1. The molecule has 2 heterocycles. The molecule has 1 aliphatic rings. The zero-order chi connectivity index (χ0) is 14.9. The average molecular weight is 287 g/mol. The van der Waals surface area contributed by atoms with E-state index in [4.69, 9.17) is 5.26 Å². The summed E-state index contributed by atoms with van der Waals surface area (Å²) in [6.07, 6.45) is 3.82. The van der Waals surface area contributed by atoms with E-state index in [1.807, 2.05) is 18.3 Å². The molecule has 0 bridgehead atoms. The van der Waals surface area contributed by atoms with Crippen molar-refractivity contribution in [1.29, 1.82) is 5.26 Å². The van der Waals surface area contributed by atoms with Gasteiger partial charge in [-0.1, -0.05) is 13.0 Å². The molecule has 1 aromatic heterocycles. The molecule has 2 rings (SSSR count). The SMILES string of the molecule is CCCNC(C#N)CCN1CCN(c2ccccn2)CC1. The number of pyridine rings is 1. The van der Waals surface area contributed by atoms with E-state index in [0.29, 0.717) is 0 Å². The van der Waals surface area contributed by atoms with Gasteiger partial charge in [-0.2, -0.15) is 5.26 Å². The molecule has 1 saturated heterocycles. The molecule has 1 unspecified atom stereocenters. The first-order valence-electron chi connectivity index (χ1n) is 7.85. The molecule has 1 fully saturated rings. The van der Waals surface area contributed by atoms with E-state index in [9.17, 15) is 0 Å².